The average molecular weight is 507 g/mol. The molecule has 1 aromatic carbocycles. The lowest BCUT2D eigenvalue weighted by atomic mass is 9.90. The molecule has 2 heterocycles. The normalized spacial score (nSPS) is 19.8. The van der Waals surface area contributed by atoms with Gasteiger partial charge in [0.05, 0.1) is 22.5 Å². The number of carbonyl (C=O) groups is 4. The van der Waals surface area contributed by atoms with Crippen LogP contribution in [0.25, 0.3) is 10.9 Å². The Morgan fingerprint density at radius 3 is 2.56 bits per heavy atom. The van der Waals surface area contributed by atoms with Crippen LogP contribution in [0.15, 0.2) is 24.3 Å². The molecule has 3 atom stereocenters. The number of alkyl halides is 1. The van der Waals surface area contributed by atoms with Crippen molar-refractivity contribution in [3.63, 3.8) is 0 Å². The first-order valence-electron chi connectivity index (χ1n) is 11.6. The highest BCUT2D eigenvalue weighted by molar-refractivity contribution is 6.35. The smallest absolute Gasteiger partial charge is 0.268 e. The summed E-state index contributed by atoms with van der Waals surface area (Å²) in [6.07, 6.45) is 4.12. The number of aromatic amines is 1. The number of piperidine rings is 1. The van der Waals surface area contributed by atoms with Crippen molar-refractivity contribution in [1.29, 1.82) is 0 Å². The molecular formula is C24H28Cl2N4O4. The van der Waals surface area contributed by atoms with E-state index in [1.165, 1.54) is 0 Å². The first kappa shape index (κ1) is 24.5. The predicted octanol–water partition coefficient (Wildman–Crippen LogP) is 2.93. The Bertz CT molecular complexity index is 1100. The maximum atomic E-state index is 13.2. The third kappa shape index (κ3) is 5.91. The fraction of sp³-hybridized carbons (Fsp3) is 0.500. The molecule has 1 aromatic heterocycles. The van der Waals surface area contributed by atoms with Crippen molar-refractivity contribution in [3.8, 4) is 0 Å². The summed E-state index contributed by atoms with van der Waals surface area (Å²) >= 11 is 12.0. The summed E-state index contributed by atoms with van der Waals surface area (Å²) in [4.78, 5) is 53.8. The number of rotatable bonds is 10. The molecule has 2 aromatic rings. The Kier molecular flexibility index (Phi) is 7.78. The monoisotopic (exact) mass is 506 g/mol. The van der Waals surface area contributed by atoms with Gasteiger partial charge in [0, 0.05) is 17.8 Å². The number of hydrogen-bond donors (Lipinski definition) is 4. The van der Waals surface area contributed by atoms with Gasteiger partial charge >= 0.3 is 0 Å². The van der Waals surface area contributed by atoms with Crippen LogP contribution in [-0.2, 0) is 14.4 Å². The first-order valence-corrected chi connectivity index (χ1v) is 12.5. The molecule has 1 aliphatic carbocycles. The number of carbonyl (C=O) groups excluding carboxylic acids is 4. The minimum atomic E-state index is -0.885. The van der Waals surface area contributed by atoms with E-state index in [0.29, 0.717) is 41.5 Å². The molecule has 4 N–H and O–H groups in total. The molecular weight excluding hydrogens is 479 g/mol. The molecule has 8 nitrogen and oxygen atoms in total. The highest BCUT2D eigenvalue weighted by atomic mass is 35.5. The fourth-order valence-corrected chi connectivity index (χ4v) is 4.79. The van der Waals surface area contributed by atoms with E-state index in [-0.39, 0.29) is 29.9 Å². The number of benzene rings is 1. The van der Waals surface area contributed by atoms with Gasteiger partial charge in [0.25, 0.3) is 5.91 Å². The van der Waals surface area contributed by atoms with Gasteiger partial charge in [0.2, 0.25) is 11.8 Å². The SMILES string of the molecule is O=C(N[C@@H](CC1CC1)C(=O)N[C@@H](C[C@@H]1CCCNC1=O)C(=O)CCl)c1cc2cccc(Cl)c2[nH]1. The number of Topliss-reactive ketones (excluding diaryl/α,β-unsaturated/α-hetero) is 1. The van der Waals surface area contributed by atoms with Crippen LogP contribution in [0.2, 0.25) is 5.02 Å². The zero-order valence-electron chi connectivity index (χ0n) is 18.7. The maximum Gasteiger partial charge on any atom is 0.268 e. The van der Waals surface area contributed by atoms with Crippen LogP contribution in [0.4, 0.5) is 0 Å². The van der Waals surface area contributed by atoms with E-state index in [1.54, 1.807) is 18.2 Å². The quantitative estimate of drug-likeness (QED) is 0.370. The maximum absolute atomic E-state index is 13.2. The minimum absolute atomic E-state index is 0.117. The van der Waals surface area contributed by atoms with Gasteiger partial charge in [-0.05, 0) is 43.7 Å². The molecule has 0 unspecified atom stereocenters. The van der Waals surface area contributed by atoms with Crippen LogP contribution in [0.3, 0.4) is 0 Å². The van der Waals surface area contributed by atoms with Crippen molar-refractivity contribution in [2.24, 2.45) is 11.8 Å². The van der Waals surface area contributed by atoms with E-state index in [0.717, 1.165) is 24.6 Å². The molecule has 0 radical (unpaired) electrons. The van der Waals surface area contributed by atoms with Crippen molar-refractivity contribution in [2.45, 2.75) is 50.6 Å². The van der Waals surface area contributed by atoms with Crippen LogP contribution in [-0.4, -0.2) is 53.0 Å². The Morgan fingerprint density at radius 2 is 1.88 bits per heavy atom. The lowest BCUT2D eigenvalue weighted by molar-refractivity contribution is -0.131. The Morgan fingerprint density at radius 1 is 1.09 bits per heavy atom. The predicted molar refractivity (Wildman–Crippen MR) is 130 cm³/mol. The van der Waals surface area contributed by atoms with E-state index >= 15 is 0 Å². The number of para-hydroxylation sites is 1. The number of halogens is 2. The third-order valence-corrected chi connectivity index (χ3v) is 7.07. The van der Waals surface area contributed by atoms with Crippen LogP contribution < -0.4 is 16.0 Å². The molecule has 34 heavy (non-hydrogen) atoms. The second-order valence-electron chi connectivity index (χ2n) is 9.12. The van der Waals surface area contributed by atoms with Crippen molar-refractivity contribution in [2.75, 3.05) is 12.4 Å². The number of fused-ring (bicyclic) bond motifs is 1. The largest absolute Gasteiger partial charge is 0.356 e. The fourth-order valence-electron chi connectivity index (χ4n) is 4.38. The van der Waals surface area contributed by atoms with Crippen LogP contribution >= 0.6 is 23.2 Å². The second kappa shape index (κ2) is 10.8. The zero-order valence-corrected chi connectivity index (χ0v) is 20.2. The highest BCUT2D eigenvalue weighted by Crippen LogP contribution is 2.34. The molecule has 0 bridgehead atoms. The number of nitrogens with one attached hydrogen (secondary N) is 4. The van der Waals surface area contributed by atoms with Gasteiger partial charge in [-0.15, -0.1) is 11.6 Å². The second-order valence-corrected chi connectivity index (χ2v) is 9.79. The summed E-state index contributed by atoms with van der Waals surface area (Å²) in [5, 5.41) is 9.66. The van der Waals surface area contributed by atoms with Crippen molar-refractivity contribution >= 4 is 57.6 Å². The molecule has 1 aliphatic heterocycles. The van der Waals surface area contributed by atoms with Gasteiger partial charge in [-0.1, -0.05) is 36.6 Å². The minimum Gasteiger partial charge on any atom is -0.356 e. The summed E-state index contributed by atoms with van der Waals surface area (Å²) in [5.41, 5.74) is 0.944. The van der Waals surface area contributed by atoms with E-state index in [4.69, 9.17) is 23.2 Å². The van der Waals surface area contributed by atoms with Crippen LogP contribution in [0, 0.1) is 11.8 Å². The van der Waals surface area contributed by atoms with Crippen molar-refractivity contribution in [3.05, 3.63) is 35.0 Å². The number of hydrogen-bond acceptors (Lipinski definition) is 4. The summed E-state index contributed by atoms with van der Waals surface area (Å²) < 4.78 is 0. The third-order valence-electron chi connectivity index (χ3n) is 6.49. The van der Waals surface area contributed by atoms with E-state index in [1.807, 2.05) is 6.07 Å². The molecule has 182 valence electrons. The van der Waals surface area contributed by atoms with Gasteiger partial charge in [-0.3, -0.25) is 19.2 Å². The Hall–Kier alpha value is -2.58. The molecule has 1 saturated carbocycles. The van der Waals surface area contributed by atoms with E-state index in [9.17, 15) is 19.2 Å². The summed E-state index contributed by atoms with van der Waals surface area (Å²) in [7, 11) is 0. The summed E-state index contributed by atoms with van der Waals surface area (Å²) in [5.74, 6) is -1.63. The average Bonchev–Trinajstić information content (AvgIpc) is 3.53. The van der Waals surface area contributed by atoms with Gasteiger partial charge < -0.3 is 20.9 Å². The lowest BCUT2D eigenvalue weighted by Gasteiger charge is -2.27. The van der Waals surface area contributed by atoms with E-state index in [2.05, 4.69) is 20.9 Å². The lowest BCUT2D eigenvalue weighted by Crippen LogP contribution is -2.53. The molecule has 2 fully saturated rings. The van der Waals surface area contributed by atoms with E-state index < -0.39 is 23.9 Å². The van der Waals surface area contributed by atoms with Gasteiger partial charge in [-0.25, -0.2) is 0 Å². The molecule has 0 spiro atoms. The standard InChI is InChI=1S/C24H28Cl2N4O4/c25-12-20(31)17(11-15-4-2-8-27-22(15)32)29-23(33)18(9-13-6-7-13)30-24(34)19-10-14-3-1-5-16(26)21(14)28-19/h1,3,5,10,13,15,17-18,28H,2,4,6-9,11-12H2,(H,27,32)(H,29,33)(H,30,34)/t15-,17-,18-/m0/s1. The number of H-pyrrole nitrogens is 1. The molecule has 2 aliphatic rings. The molecule has 10 heteroatoms. The van der Waals surface area contributed by atoms with Gasteiger partial charge in [0.1, 0.15) is 11.7 Å². The Balaban J connectivity index is 1.46. The summed E-state index contributed by atoms with van der Waals surface area (Å²) in [6, 6.07) is 5.35. The highest BCUT2D eigenvalue weighted by Gasteiger charge is 2.34. The number of ketones is 1. The number of amides is 3. The topological polar surface area (TPSA) is 120 Å². The van der Waals surface area contributed by atoms with Gasteiger partial charge in [0.15, 0.2) is 5.78 Å². The van der Waals surface area contributed by atoms with Crippen molar-refractivity contribution < 1.29 is 19.2 Å². The van der Waals surface area contributed by atoms with Crippen LogP contribution in [0.1, 0.15) is 49.0 Å². The van der Waals surface area contributed by atoms with Crippen molar-refractivity contribution in [1.82, 2.24) is 20.9 Å². The Labute approximate surface area is 207 Å². The summed E-state index contributed by atoms with van der Waals surface area (Å²) in [6.45, 7) is 0.615. The number of aromatic nitrogens is 1. The molecule has 3 amide bonds. The molecule has 4 rings (SSSR count). The molecule has 1 saturated heterocycles. The zero-order chi connectivity index (χ0) is 24.2. The van der Waals surface area contributed by atoms with Gasteiger partial charge in [-0.2, -0.15) is 0 Å². The first-order chi connectivity index (χ1) is 16.4. The van der Waals surface area contributed by atoms with Crippen LogP contribution in [0.5, 0.6) is 0 Å².